The minimum Gasteiger partial charge on any atom is -0.481 e. The number of alkyl halides is 1. The van der Waals surface area contributed by atoms with Crippen molar-refractivity contribution in [3.8, 4) is 0 Å². The molecule has 0 radical (unpaired) electrons. The molecule has 60 valence electrons. The molecule has 2 nitrogen and oxygen atoms in total. The highest BCUT2D eigenvalue weighted by Gasteiger charge is 2.25. The van der Waals surface area contributed by atoms with Crippen molar-refractivity contribution in [2.24, 2.45) is 5.41 Å². The third-order valence-electron chi connectivity index (χ3n) is 1.51. The first kappa shape index (κ1) is 9.40. The first-order valence-electron chi connectivity index (χ1n) is 3.30. The van der Waals surface area contributed by atoms with Crippen LogP contribution in [0.3, 0.4) is 0 Å². The van der Waals surface area contributed by atoms with Gasteiger partial charge in [-0.2, -0.15) is 0 Å². The summed E-state index contributed by atoms with van der Waals surface area (Å²) in [4.78, 5) is 10.4. The number of hydrogen-bond donors (Lipinski definition) is 1. The summed E-state index contributed by atoms with van der Waals surface area (Å²) in [6, 6.07) is 0. The molecule has 0 unspecified atom stereocenters. The van der Waals surface area contributed by atoms with E-state index < -0.39 is 18.1 Å². The maximum absolute atomic E-state index is 11.6. The zero-order valence-electron chi connectivity index (χ0n) is 6.35. The van der Waals surface area contributed by atoms with Crippen molar-refractivity contribution < 1.29 is 14.3 Å². The van der Waals surface area contributed by atoms with Crippen molar-refractivity contribution in [2.45, 2.75) is 26.7 Å². The number of rotatable bonds is 4. The van der Waals surface area contributed by atoms with Gasteiger partial charge in [0.1, 0.15) is 0 Å². The van der Waals surface area contributed by atoms with E-state index in [2.05, 4.69) is 0 Å². The first-order valence-corrected chi connectivity index (χ1v) is 3.30. The van der Waals surface area contributed by atoms with Crippen LogP contribution in [0.1, 0.15) is 26.7 Å². The molecule has 0 atom stereocenters. The molecule has 0 heterocycles. The first-order chi connectivity index (χ1) is 4.50. The van der Waals surface area contributed by atoms with Gasteiger partial charge in [-0.1, -0.05) is 0 Å². The van der Waals surface area contributed by atoms with Crippen LogP contribution in [0.25, 0.3) is 0 Å². The van der Waals surface area contributed by atoms with Crippen molar-refractivity contribution in [3.63, 3.8) is 0 Å². The molecule has 0 aliphatic heterocycles. The fourth-order valence-corrected chi connectivity index (χ4v) is 0.616. The highest BCUT2D eigenvalue weighted by atomic mass is 19.1. The largest absolute Gasteiger partial charge is 0.481 e. The van der Waals surface area contributed by atoms with Crippen molar-refractivity contribution in [1.82, 2.24) is 0 Å². The van der Waals surface area contributed by atoms with Gasteiger partial charge in [0.05, 0.1) is 12.1 Å². The summed E-state index contributed by atoms with van der Waals surface area (Å²) in [7, 11) is 0. The molecule has 0 fully saturated rings. The summed E-state index contributed by atoms with van der Waals surface area (Å²) >= 11 is 0. The van der Waals surface area contributed by atoms with E-state index in [-0.39, 0.29) is 0 Å². The molecule has 0 aliphatic rings. The van der Waals surface area contributed by atoms with E-state index in [1.165, 1.54) is 0 Å². The second-order valence-electron chi connectivity index (χ2n) is 2.98. The molecule has 0 saturated carbocycles. The van der Waals surface area contributed by atoms with Crippen molar-refractivity contribution in [3.05, 3.63) is 0 Å². The van der Waals surface area contributed by atoms with Gasteiger partial charge < -0.3 is 5.11 Å². The Bertz CT molecular complexity index is 121. The normalized spacial score (nSPS) is 11.5. The van der Waals surface area contributed by atoms with Gasteiger partial charge in [-0.3, -0.25) is 9.18 Å². The Balaban J connectivity index is 3.75. The molecule has 0 bridgehead atoms. The van der Waals surface area contributed by atoms with Gasteiger partial charge >= 0.3 is 5.97 Å². The molecule has 0 saturated heterocycles. The van der Waals surface area contributed by atoms with Gasteiger partial charge in [-0.15, -0.1) is 0 Å². The van der Waals surface area contributed by atoms with Crippen LogP contribution in [-0.2, 0) is 4.79 Å². The lowest BCUT2D eigenvalue weighted by Gasteiger charge is -2.17. The van der Waals surface area contributed by atoms with Crippen molar-refractivity contribution in [1.29, 1.82) is 0 Å². The van der Waals surface area contributed by atoms with Crippen LogP contribution < -0.4 is 0 Å². The second kappa shape index (κ2) is 3.54. The number of halogens is 1. The monoisotopic (exact) mass is 148 g/mol. The van der Waals surface area contributed by atoms with Crippen LogP contribution in [0, 0.1) is 5.41 Å². The van der Waals surface area contributed by atoms with Crippen molar-refractivity contribution in [2.75, 3.05) is 6.67 Å². The molecule has 0 aromatic carbocycles. The molecule has 3 heteroatoms. The van der Waals surface area contributed by atoms with Crippen LogP contribution in [0.2, 0.25) is 0 Å². The maximum atomic E-state index is 11.6. The molecule has 0 rings (SSSR count). The quantitative estimate of drug-likeness (QED) is 0.660. The van der Waals surface area contributed by atoms with Crippen LogP contribution in [0.4, 0.5) is 4.39 Å². The second-order valence-corrected chi connectivity index (χ2v) is 2.98. The lowest BCUT2D eigenvalue weighted by atomic mass is 9.88. The minimum absolute atomic E-state index is 0.333. The van der Waals surface area contributed by atoms with E-state index in [1.807, 2.05) is 0 Å². The molecule has 0 amide bonds. The summed E-state index contributed by atoms with van der Waals surface area (Å²) < 4.78 is 11.6. The molecule has 0 aliphatic carbocycles. The molecule has 10 heavy (non-hydrogen) atoms. The molecule has 0 aromatic heterocycles. The Kier molecular flexibility index (Phi) is 3.33. The molecule has 0 spiro atoms. The van der Waals surface area contributed by atoms with Crippen LogP contribution in [0.15, 0.2) is 0 Å². The maximum Gasteiger partial charge on any atom is 0.309 e. The van der Waals surface area contributed by atoms with E-state index in [0.29, 0.717) is 12.8 Å². The summed E-state index contributed by atoms with van der Waals surface area (Å²) in [6.45, 7) is 2.77. The van der Waals surface area contributed by atoms with E-state index in [9.17, 15) is 9.18 Å². The highest BCUT2D eigenvalue weighted by molar-refractivity contribution is 5.73. The van der Waals surface area contributed by atoms with Crippen molar-refractivity contribution >= 4 is 5.97 Å². The van der Waals surface area contributed by atoms with E-state index >= 15 is 0 Å². The standard InChI is InChI=1S/C7H13FO2/c1-7(2,6(9)10)4-3-5-8/h3-5H2,1-2H3,(H,9,10). The average Bonchev–Trinajstić information content (AvgIpc) is 1.84. The fraction of sp³-hybridized carbons (Fsp3) is 0.857. The summed E-state index contributed by atoms with van der Waals surface area (Å²) in [5.41, 5.74) is -0.772. The van der Waals surface area contributed by atoms with E-state index in [0.717, 1.165) is 0 Å². The number of carboxylic acid groups (broad SMARTS) is 1. The van der Waals surface area contributed by atoms with Gasteiger partial charge in [-0.05, 0) is 26.7 Å². The SMILES string of the molecule is CC(C)(CCCF)C(=O)O. The molecule has 1 N–H and O–H groups in total. The van der Waals surface area contributed by atoms with Gasteiger partial charge in [0.2, 0.25) is 0 Å². The number of carboxylic acids is 1. The smallest absolute Gasteiger partial charge is 0.309 e. The lowest BCUT2D eigenvalue weighted by Crippen LogP contribution is -2.23. The zero-order valence-corrected chi connectivity index (χ0v) is 6.35. The summed E-state index contributed by atoms with van der Waals surface area (Å²) in [6.07, 6.45) is 0.734. The molecular formula is C7H13FO2. The predicted octanol–water partition coefficient (Wildman–Crippen LogP) is 1.85. The van der Waals surface area contributed by atoms with Gasteiger partial charge in [-0.25, -0.2) is 0 Å². The van der Waals surface area contributed by atoms with Crippen LogP contribution in [0.5, 0.6) is 0 Å². The Morgan fingerprint density at radius 3 is 2.40 bits per heavy atom. The Morgan fingerprint density at radius 1 is 1.60 bits per heavy atom. The van der Waals surface area contributed by atoms with Crippen LogP contribution in [-0.4, -0.2) is 17.8 Å². The zero-order chi connectivity index (χ0) is 8.20. The lowest BCUT2D eigenvalue weighted by molar-refractivity contribution is -0.147. The third kappa shape index (κ3) is 2.80. The number of carbonyl (C=O) groups is 1. The number of aliphatic carboxylic acids is 1. The Hall–Kier alpha value is -0.600. The third-order valence-corrected chi connectivity index (χ3v) is 1.51. The summed E-state index contributed by atoms with van der Waals surface area (Å²) in [5, 5.41) is 8.55. The fourth-order valence-electron chi connectivity index (χ4n) is 0.616. The average molecular weight is 148 g/mol. The van der Waals surface area contributed by atoms with Crippen LogP contribution >= 0.6 is 0 Å². The number of hydrogen-bond acceptors (Lipinski definition) is 1. The molecular weight excluding hydrogens is 135 g/mol. The van der Waals surface area contributed by atoms with E-state index in [4.69, 9.17) is 5.11 Å². The molecule has 0 aromatic rings. The predicted molar refractivity (Wildman–Crippen MR) is 36.6 cm³/mol. The Morgan fingerprint density at radius 2 is 2.10 bits per heavy atom. The minimum atomic E-state index is -0.860. The Labute approximate surface area is 60.1 Å². The highest BCUT2D eigenvalue weighted by Crippen LogP contribution is 2.21. The summed E-state index contributed by atoms with van der Waals surface area (Å²) in [5.74, 6) is -0.860. The topological polar surface area (TPSA) is 37.3 Å². The van der Waals surface area contributed by atoms with Gasteiger partial charge in [0, 0.05) is 0 Å². The van der Waals surface area contributed by atoms with Gasteiger partial charge in [0.15, 0.2) is 0 Å². The van der Waals surface area contributed by atoms with E-state index in [1.54, 1.807) is 13.8 Å². The van der Waals surface area contributed by atoms with Gasteiger partial charge in [0.25, 0.3) is 0 Å².